The summed E-state index contributed by atoms with van der Waals surface area (Å²) in [5.41, 5.74) is 10.3. The second-order valence-electron chi connectivity index (χ2n) is 3.94. The molecule has 92 valence electrons. The molecule has 2 amide bonds. The molecule has 7 nitrogen and oxygen atoms in total. The van der Waals surface area contributed by atoms with Crippen LogP contribution in [0.1, 0.15) is 39.7 Å². The second-order valence-corrected chi connectivity index (χ2v) is 3.94. The lowest BCUT2D eigenvalue weighted by Gasteiger charge is -2.22. The van der Waals surface area contributed by atoms with Crippen LogP contribution in [0.3, 0.4) is 0 Å². The van der Waals surface area contributed by atoms with Crippen LogP contribution >= 0.6 is 0 Å². The van der Waals surface area contributed by atoms with Crippen LogP contribution in [-0.2, 0) is 4.74 Å². The van der Waals surface area contributed by atoms with E-state index in [1.165, 1.54) is 6.20 Å². The van der Waals surface area contributed by atoms with Crippen molar-refractivity contribution in [3.8, 4) is 0 Å². The van der Waals surface area contributed by atoms with Gasteiger partial charge in [0.05, 0.1) is 11.6 Å². The lowest BCUT2D eigenvalue weighted by Crippen LogP contribution is -2.21. The predicted octanol–water partition coefficient (Wildman–Crippen LogP) is -0.568. The molecule has 17 heavy (non-hydrogen) atoms. The van der Waals surface area contributed by atoms with Crippen molar-refractivity contribution in [2.45, 2.75) is 18.9 Å². The first-order valence-corrected chi connectivity index (χ1v) is 5.36. The van der Waals surface area contributed by atoms with E-state index in [1.807, 2.05) is 0 Å². The molecule has 0 spiro atoms. The van der Waals surface area contributed by atoms with E-state index in [-0.39, 0.29) is 17.3 Å². The fraction of sp³-hybridized carbons (Fsp3) is 0.500. The maximum absolute atomic E-state index is 11.2. The van der Waals surface area contributed by atoms with Gasteiger partial charge in [-0.2, -0.15) is 5.10 Å². The minimum absolute atomic E-state index is 0.0657. The molecule has 0 saturated carbocycles. The molecule has 1 saturated heterocycles. The molecule has 4 N–H and O–H groups in total. The van der Waals surface area contributed by atoms with Crippen molar-refractivity contribution in [3.05, 3.63) is 17.5 Å². The summed E-state index contributed by atoms with van der Waals surface area (Å²) in [7, 11) is 0. The van der Waals surface area contributed by atoms with Crippen molar-refractivity contribution in [1.82, 2.24) is 9.78 Å². The van der Waals surface area contributed by atoms with Gasteiger partial charge in [0.25, 0.3) is 11.8 Å². The van der Waals surface area contributed by atoms with Crippen molar-refractivity contribution in [2.75, 3.05) is 13.2 Å². The molecule has 1 fully saturated rings. The van der Waals surface area contributed by atoms with Crippen LogP contribution in [0, 0.1) is 0 Å². The maximum atomic E-state index is 11.2. The molecule has 0 bridgehead atoms. The monoisotopic (exact) mass is 238 g/mol. The summed E-state index contributed by atoms with van der Waals surface area (Å²) >= 11 is 0. The van der Waals surface area contributed by atoms with Gasteiger partial charge in [0.2, 0.25) is 0 Å². The first kappa shape index (κ1) is 11.6. The third-order valence-electron chi connectivity index (χ3n) is 2.80. The number of primary amides is 2. The van der Waals surface area contributed by atoms with Gasteiger partial charge in [-0.25, -0.2) is 0 Å². The third kappa shape index (κ3) is 2.28. The lowest BCUT2D eigenvalue weighted by molar-refractivity contribution is 0.0660. The number of carbonyl (C=O) groups is 2. The van der Waals surface area contributed by atoms with Gasteiger partial charge in [0, 0.05) is 19.4 Å². The molecule has 1 aliphatic heterocycles. The van der Waals surface area contributed by atoms with Gasteiger partial charge in [-0.1, -0.05) is 0 Å². The highest BCUT2D eigenvalue weighted by Crippen LogP contribution is 2.21. The molecule has 7 heteroatoms. The van der Waals surface area contributed by atoms with Crippen LogP contribution < -0.4 is 11.5 Å². The number of ether oxygens (including phenoxy) is 1. The zero-order chi connectivity index (χ0) is 12.4. The molecule has 1 aromatic rings. The van der Waals surface area contributed by atoms with Crippen LogP contribution in [0.2, 0.25) is 0 Å². The second kappa shape index (κ2) is 4.54. The number of amides is 2. The molecule has 1 aliphatic rings. The van der Waals surface area contributed by atoms with Gasteiger partial charge >= 0.3 is 0 Å². The molecule has 1 aromatic heterocycles. The number of carbonyl (C=O) groups excluding carboxylic acids is 2. The summed E-state index contributed by atoms with van der Waals surface area (Å²) in [6.07, 6.45) is 3.06. The Morgan fingerprint density at radius 2 is 1.94 bits per heavy atom. The molecule has 0 atom stereocenters. The molecule has 0 unspecified atom stereocenters. The standard InChI is InChI=1S/C10H14N4O3/c11-9(15)7-5-14(13-8(7)10(12)16)6-1-3-17-4-2-6/h5-6H,1-4H2,(H2,11,15)(H2,12,16). The zero-order valence-electron chi connectivity index (χ0n) is 9.26. The van der Waals surface area contributed by atoms with E-state index >= 15 is 0 Å². The molecule has 0 aromatic carbocycles. The number of nitrogens with two attached hydrogens (primary N) is 2. The van der Waals surface area contributed by atoms with Gasteiger partial charge in [-0.15, -0.1) is 0 Å². The summed E-state index contributed by atoms with van der Waals surface area (Å²) in [6.45, 7) is 1.28. The zero-order valence-corrected chi connectivity index (χ0v) is 9.26. The van der Waals surface area contributed by atoms with E-state index in [0.29, 0.717) is 13.2 Å². The Labute approximate surface area is 97.7 Å². The smallest absolute Gasteiger partial charge is 0.270 e. The summed E-state index contributed by atoms with van der Waals surface area (Å²) in [4.78, 5) is 22.3. The summed E-state index contributed by atoms with van der Waals surface area (Å²) in [5, 5.41) is 4.04. The quantitative estimate of drug-likeness (QED) is 0.734. The van der Waals surface area contributed by atoms with E-state index in [1.54, 1.807) is 4.68 Å². The summed E-state index contributed by atoms with van der Waals surface area (Å²) in [5.74, 6) is -1.44. The van der Waals surface area contributed by atoms with E-state index in [2.05, 4.69) is 5.10 Å². The van der Waals surface area contributed by atoms with Crippen molar-refractivity contribution in [2.24, 2.45) is 11.5 Å². The van der Waals surface area contributed by atoms with Crippen molar-refractivity contribution in [1.29, 1.82) is 0 Å². The van der Waals surface area contributed by atoms with E-state index < -0.39 is 11.8 Å². The highest BCUT2D eigenvalue weighted by atomic mass is 16.5. The van der Waals surface area contributed by atoms with Crippen LogP contribution in [0.5, 0.6) is 0 Å². The summed E-state index contributed by atoms with van der Waals surface area (Å²) in [6, 6.07) is 0.120. The lowest BCUT2D eigenvalue weighted by atomic mass is 10.1. The van der Waals surface area contributed by atoms with Gasteiger partial charge in [0.15, 0.2) is 5.69 Å². The van der Waals surface area contributed by atoms with Crippen LogP contribution in [0.25, 0.3) is 0 Å². The predicted molar refractivity (Wildman–Crippen MR) is 58.4 cm³/mol. The maximum Gasteiger partial charge on any atom is 0.270 e. The Bertz CT molecular complexity index is 417. The molecular formula is C10H14N4O3. The van der Waals surface area contributed by atoms with Gasteiger partial charge in [-0.05, 0) is 12.8 Å². The average molecular weight is 238 g/mol. The van der Waals surface area contributed by atoms with Gasteiger partial charge in [0.1, 0.15) is 0 Å². The molecule has 0 aliphatic carbocycles. The Balaban J connectivity index is 2.32. The van der Waals surface area contributed by atoms with Crippen LogP contribution in [-0.4, -0.2) is 34.8 Å². The van der Waals surface area contributed by atoms with Crippen molar-refractivity contribution in [3.63, 3.8) is 0 Å². The van der Waals surface area contributed by atoms with E-state index in [9.17, 15) is 9.59 Å². The fourth-order valence-electron chi connectivity index (χ4n) is 1.89. The topological polar surface area (TPSA) is 113 Å². The molecular weight excluding hydrogens is 224 g/mol. The summed E-state index contributed by atoms with van der Waals surface area (Å²) < 4.78 is 6.81. The van der Waals surface area contributed by atoms with E-state index in [4.69, 9.17) is 16.2 Å². The number of aromatic nitrogens is 2. The number of hydrogen-bond donors (Lipinski definition) is 2. The Morgan fingerprint density at radius 3 is 2.41 bits per heavy atom. The number of nitrogens with zero attached hydrogens (tertiary/aromatic N) is 2. The fourth-order valence-corrected chi connectivity index (χ4v) is 1.89. The molecule has 0 radical (unpaired) electrons. The highest BCUT2D eigenvalue weighted by Gasteiger charge is 2.23. The highest BCUT2D eigenvalue weighted by molar-refractivity contribution is 6.04. The minimum atomic E-state index is -0.746. The minimum Gasteiger partial charge on any atom is -0.381 e. The van der Waals surface area contributed by atoms with Crippen molar-refractivity contribution < 1.29 is 14.3 Å². The first-order valence-electron chi connectivity index (χ1n) is 5.36. The van der Waals surface area contributed by atoms with Gasteiger partial charge < -0.3 is 16.2 Å². The largest absolute Gasteiger partial charge is 0.381 e. The first-order chi connectivity index (χ1) is 8.09. The number of hydrogen-bond acceptors (Lipinski definition) is 4. The third-order valence-corrected chi connectivity index (χ3v) is 2.80. The molecule has 2 rings (SSSR count). The SMILES string of the molecule is NC(=O)c1cn(C2CCOCC2)nc1C(N)=O. The Kier molecular flexibility index (Phi) is 3.10. The van der Waals surface area contributed by atoms with Gasteiger partial charge in [-0.3, -0.25) is 14.3 Å². The van der Waals surface area contributed by atoms with Crippen LogP contribution in [0.15, 0.2) is 6.20 Å². The van der Waals surface area contributed by atoms with Crippen LogP contribution in [0.4, 0.5) is 0 Å². The molecule has 2 heterocycles. The average Bonchev–Trinajstić information content (AvgIpc) is 2.75. The van der Waals surface area contributed by atoms with Crippen molar-refractivity contribution >= 4 is 11.8 Å². The number of rotatable bonds is 3. The Morgan fingerprint density at radius 1 is 1.29 bits per heavy atom. The normalized spacial score (nSPS) is 16.9. The van der Waals surface area contributed by atoms with E-state index in [0.717, 1.165) is 12.8 Å². The Hall–Kier alpha value is -1.89.